The van der Waals surface area contributed by atoms with Gasteiger partial charge in [-0.1, -0.05) is 24.3 Å². The molecule has 0 spiro atoms. The number of amides is 1. The zero-order valence-electron chi connectivity index (χ0n) is 18.8. The number of rotatable bonds is 9. The molecule has 174 valence electrons. The van der Waals surface area contributed by atoms with Crippen LogP contribution in [0.1, 0.15) is 10.4 Å². The molecule has 0 aromatic heterocycles. The van der Waals surface area contributed by atoms with Crippen LogP contribution in [0.4, 0.5) is 11.4 Å². The van der Waals surface area contributed by atoms with Gasteiger partial charge in [0.05, 0.1) is 12.8 Å². The van der Waals surface area contributed by atoms with Crippen LogP contribution >= 0.6 is 0 Å². The largest absolute Gasteiger partial charge is 0.495 e. The van der Waals surface area contributed by atoms with Gasteiger partial charge in [-0.25, -0.2) is 8.42 Å². The normalized spacial score (nSPS) is 11.0. The molecule has 9 heteroatoms. The summed E-state index contributed by atoms with van der Waals surface area (Å²) >= 11 is 0. The van der Waals surface area contributed by atoms with Crippen molar-refractivity contribution in [1.29, 1.82) is 0 Å². The average Bonchev–Trinajstić information content (AvgIpc) is 2.81. The molecule has 8 nitrogen and oxygen atoms in total. The first kappa shape index (κ1) is 24.1. The predicted molar refractivity (Wildman–Crippen MR) is 131 cm³/mol. The highest BCUT2D eigenvalue weighted by molar-refractivity contribution is 7.92. The van der Waals surface area contributed by atoms with E-state index in [0.29, 0.717) is 29.9 Å². The minimum Gasteiger partial charge on any atom is -0.495 e. The maximum Gasteiger partial charge on any atom is 0.265 e. The molecule has 0 heterocycles. The zero-order chi connectivity index (χ0) is 24.0. The number of anilines is 2. The van der Waals surface area contributed by atoms with Crippen molar-refractivity contribution in [3.05, 3.63) is 72.3 Å². The van der Waals surface area contributed by atoms with Gasteiger partial charge in [-0.3, -0.25) is 9.52 Å². The molecule has 3 aromatic carbocycles. The van der Waals surface area contributed by atoms with Crippen LogP contribution in [0.2, 0.25) is 0 Å². The molecular weight excluding hydrogens is 440 g/mol. The fraction of sp³-hybridized carbons (Fsp3) is 0.208. The smallest absolute Gasteiger partial charge is 0.265 e. The molecule has 4 N–H and O–H groups in total. The number of benzene rings is 3. The van der Waals surface area contributed by atoms with Crippen LogP contribution in [0.3, 0.4) is 0 Å². The van der Waals surface area contributed by atoms with Gasteiger partial charge in [0.2, 0.25) is 0 Å². The summed E-state index contributed by atoms with van der Waals surface area (Å²) in [6.45, 7) is 1.03. The Hall–Kier alpha value is -3.56. The Morgan fingerprint density at radius 3 is 2.36 bits per heavy atom. The summed E-state index contributed by atoms with van der Waals surface area (Å²) in [5, 5.41) is 3.12. The summed E-state index contributed by atoms with van der Waals surface area (Å²) in [5.74, 6) is 0.0761. The lowest BCUT2D eigenvalue weighted by Gasteiger charge is -2.15. The molecule has 0 bridgehead atoms. The molecule has 0 unspecified atom stereocenters. The first-order chi connectivity index (χ1) is 15.7. The highest BCUT2D eigenvalue weighted by Gasteiger charge is 2.21. The molecule has 3 aromatic rings. The molecule has 0 saturated heterocycles. The maximum atomic E-state index is 13.3. The third-order valence-corrected chi connectivity index (χ3v) is 6.29. The summed E-state index contributed by atoms with van der Waals surface area (Å²) in [6, 6.07) is 18.9. The van der Waals surface area contributed by atoms with E-state index in [4.69, 9.17) is 10.5 Å². The monoisotopic (exact) mass is 468 g/mol. The van der Waals surface area contributed by atoms with Crippen molar-refractivity contribution < 1.29 is 17.9 Å². The topological polar surface area (TPSA) is 114 Å². The van der Waals surface area contributed by atoms with Gasteiger partial charge in [0.1, 0.15) is 10.6 Å². The Bertz CT molecular complexity index is 1240. The number of carbonyl (C=O) groups excluding carboxylic acids is 1. The molecule has 1 amide bonds. The van der Waals surface area contributed by atoms with Crippen LogP contribution in [0.15, 0.2) is 71.6 Å². The summed E-state index contributed by atoms with van der Waals surface area (Å²) in [4.78, 5) is 13.8. The van der Waals surface area contributed by atoms with Crippen LogP contribution in [-0.2, 0) is 10.0 Å². The summed E-state index contributed by atoms with van der Waals surface area (Å²) in [7, 11) is 0.812. The van der Waals surface area contributed by atoms with E-state index >= 15 is 0 Å². The molecule has 33 heavy (non-hydrogen) atoms. The Kier molecular flexibility index (Phi) is 7.57. The van der Waals surface area contributed by atoms with E-state index in [1.807, 2.05) is 12.1 Å². The van der Waals surface area contributed by atoms with Crippen LogP contribution in [0.5, 0.6) is 5.75 Å². The number of hydrogen-bond acceptors (Lipinski definition) is 6. The average molecular weight is 469 g/mol. The van der Waals surface area contributed by atoms with E-state index in [-0.39, 0.29) is 16.6 Å². The first-order valence-electron chi connectivity index (χ1n) is 10.3. The van der Waals surface area contributed by atoms with E-state index in [2.05, 4.69) is 10.0 Å². The van der Waals surface area contributed by atoms with Gasteiger partial charge in [0.25, 0.3) is 15.9 Å². The minimum atomic E-state index is -3.97. The molecule has 3 rings (SSSR count). The minimum absolute atomic E-state index is 0.00726. The van der Waals surface area contributed by atoms with Crippen LogP contribution in [-0.4, -0.2) is 53.5 Å². The second-order valence-electron chi connectivity index (χ2n) is 7.55. The van der Waals surface area contributed by atoms with Gasteiger partial charge in [-0.15, -0.1) is 0 Å². The van der Waals surface area contributed by atoms with Crippen molar-refractivity contribution in [2.75, 3.05) is 44.3 Å². The van der Waals surface area contributed by atoms with Crippen LogP contribution in [0.25, 0.3) is 11.1 Å². The van der Waals surface area contributed by atoms with Crippen molar-refractivity contribution in [3.8, 4) is 16.9 Å². The molecule has 0 atom stereocenters. The Labute approximate surface area is 194 Å². The molecule has 0 aliphatic heterocycles. The van der Waals surface area contributed by atoms with Crippen molar-refractivity contribution in [3.63, 3.8) is 0 Å². The van der Waals surface area contributed by atoms with Crippen LogP contribution < -0.4 is 20.5 Å². The lowest BCUT2D eigenvalue weighted by atomic mass is 10.0. The van der Waals surface area contributed by atoms with E-state index < -0.39 is 10.0 Å². The lowest BCUT2D eigenvalue weighted by molar-refractivity contribution is 0.0827. The SMILES string of the molecule is COc1ccc(-c2cccc(C(=O)N(C)C)c2)cc1S(=O)(=O)Nc1cccc(NCCN)c1. The Morgan fingerprint density at radius 2 is 1.67 bits per heavy atom. The number of hydrogen-bond donors (Lipinski definition) is 3. The van der Waals surface area contributed by atoms with Crippen molar-refractivity contribution in [2.24, 2.45) is 5.73 Å². The summed E-state index contributed by atoms with van der Waals surface area (Å²) in [6.07, 6.45) is 0. The molecule has 0 aliphatic rings. The number of nitrogens with zero attached hydrogens (tertiary/aromatic N) is 1. The third-order valence-electron chi connectivity index (χ3n) is 4.89. The number of carbonyl (C=O) groups is 1. The van der Waals surface area contributed by atoms with Gasteiger partial charge >= 0.3 is 0 Å². The lowest BCUT2D eigenvalue weighted by Crippen LogP contribution is -2.21. The third kappa shape index (κ3) is 5.82. The molecule has 0 fully saturated rings. The van der Waals surface area contributed by atoms with Gasteiger partial charge < -0.3 is 20.7 Å². The van der Waals surface area contributed by atoms with E-state index in [9.17, 15) is 13.2 Å². The van der Waals surface area contributed by atoms with Crippen molar-refractivity contribution in [2.45, 2.75) is 4.90 Å². The summed E-state index contributed by atoms with van der Waals surface area (Å²) < 4.78 is 34.5. The van der Waals surface area contributed by atoms with E-state index in [1.165, 1.54) is 18.1 Å². The standard InChI is InChI=1S/C24H28N4O4S/c1-28(2)24(29)19-7-4-6-17(14-19)18-10-11-22(32-3)23(15-18)33(30,31)27-21-9-5-8-20(16-21)26-13-12-25/h4-11,14-16,26-27H,12-13,25H2,1-3H3. The number of methoxy groups -OCH3 is 1. The number of sulfonamides is 1. The molecular formula is C24H28N4O4S. The Morgan fingerprint density at radius 1 is 0.970 bits per heavy atom. The first-order valence-corrected chi connectivity index (χ1v) is 11.8. The highest BCUT2D eigenvalue weighted by Crippen LogP contribution is 2.32. The molecule has 0 saturated carbocycles. The highest BCUT2D eigenvalue weighted by atomic mass is 32.2. The van der Waals surface area contributed by atoms with Crippen LogP contribution in [0, 0.1) is 0 Å². The Balaban J connectivity index is 1.97. The maximum absolute atomic E-state index is 13.3. The van der Waals surface area contributed by atoms with Gasteiger partial charge in [-0.05, 0) is 53.6 Å². The second-order valence-corrected chi connectivity index (χ2v) is 9.20. The van der Waals surface area contributed by atoms with Gasteiger partial charge in [0, 0.05) is 38.4 Å². The predicted octanol–water partition coefficient (Wildman–Crippen LogP) is 3.24. The number of nitrogens with two attached hydrogens (primary N) is 1. The fourth-order valence-corrected chi connectivity index (χ4v) is 4.52. The van der Waals surface area contributed by atoms with E-state index in [0.717, 1.165) is 11.3 Å². The van der Waals surface area contributed by atoms with Gasteiger partial charge in [-0.2, -0.15) is 0 Å². The number of nitrogens with one attached hydrogen (secondary N) is 2. The van der Waals surface area contributed by atoms with Gasteiger partial charge in [0.15, 0.2) is 0 Å². The van der Waals surface area contributed by atoms with Crippen molar-refractivity contribution >= 4 is 27.3 Å². The zero-order valence-corrected chi connectivity index (χ0v) is 19.6. The quantitative estimate of drug-likeness (QED) is 0.444. The summed E-state index contributed by atoms with van der Waals surface area (Å²) in [5.41, 5.74) is 8.55. The second kappa shape index (κ2) is 10.4. The molecule has 0 aliphatic carbocycles. The molecule has 0 radical (unpaired) electrons. The number of ether oxygens (including phenoxy) is 1. The fourth-order valence-electron chi connectivity index (χ4n) is 3.28. The van der Waals surface area contributed by atoms with Crippen molar-refractivity contribution in [1.82, 2.24) is 4.90 Å². The van der Waals surface area contributed by atoms with E-state index in [1.54, 1.807) is 62.6 Å².